The van der Waals surface area contributed by atoms with E-state index in [2.05, 4.69) is 26.1 Å². The normalized spacial score (nSPS) is 20.2. The molecule has 1 saturated carbocycles. The summed E-state index contributed by atoms with van der Waals surface area (Å²) in [6.07, 6.45) is 7.14. The predicted octanol–water partition coefficient (Wildman–Crippen LogP) is 3.22. The van der Waals surface area contributed by atoms with E-state index in [0.717, 1.165) is 25.7 Å². The van der Waals surface area contributed by atoms with Crippen LogP contribution in [0.3, 0.4) is 0 Å². The van der Waals surface area contributed by atoms with E-state index in [1.54, 1.807) is 0 Å². The zero-order valence-electron chi connectivity index (χ0n) is 11.3. The Labute approximate surface area is 101 Å². The molecule has 16 heavy (non-hydrogen) atoms. The molecule has 0 bridgehead atoms. The Balaban J connectivity index is 1.98. The van der Waals surface area contributed by atoms with E-state index in [4.69, 9.17) is 4.74 Å². The van der Waals surface area contributed by atoms with Crippen molar-refractivity contribution in [2.45, 2.75) is 58.9 Å². The molecule has 0 amide bonds. The van der Waals surface area contributed by atoms with Crippen molar-refractivity contribution in [2.24, 2.45) is 11.8 Å². The number of hydrogen-bond acceptors (Lipinski definition) is 2. The van der Waals surface area contributed by atoms with Crippen molar-refractivity contribution in [3.8, 4) is 0 Å². The summed E-state index contributed by atoms with van der Waals surface area (Å²) in [5.74, 6) is 1.55. The van der Waals surface area contributed by atoms with Gasteiger partial charge in [0.15, 0.2) is 0 Å². The van der Waals surface area contributed by atoms with Gasteiger partial charge in [-0.3, -0.25) is 0 Å². The van der Waals surface area contributed by atoms with Crippen LogP contribution < -0.4 is 5.32 Å². The Morgan fingerprint density at radius 1 is 1.12 bits per heavy atom. The third-order valence-corrected chi connectivity index (χ3v) is 3.52. The first-order valence-electron chi connectivity index (χ1n) is 7.01. The van der Waals surface area contributed by atoms with Crippen molar-refractivity contribution in [1.82, 2.24) is 5.32 Å². The monoisotopic (exact) mass is 227 g/mol. The largest absolute Gasteiger partial charge is 0.380 e. The number of rotatable bonds is 7. The van der Waals surface area contributed by atoms with Crippen LogP contribution in [0.5, 0.6) is 0 Å². The molecular formula is C14H29NO. The summed E-state index contributed by atoms with van der Waals surface area (Å²) in [4.78, 5) is 0. The van der Waals surface area contributed by atoms with E-state index < -0.39 is 0 Å². The highest BCUT2D eigenvalue weighted by Gasteiger charge is 2.18. The maximum absolute atomic E-state index is 5.57. The van der Waals surface area contributed by atoms with Crippen LogP contribution in [0.4, 0.5) is 0 Å². The van der Waals surface area contributed by atoms with Gasteiger partial charge >= 0.3 is 0 Å². The SMILES string of the molecule is CC(C)COCCN[C@@H](C)C1CCCCC1. The average Bonchev–Trinajstić information content (AvgIpc) is 2.29. The highest BCUT2D eigenvalue weighted by molar-refractivity contribution is 4.75. The smallest absolute Gasteiger partial charge is 0.0591 e. The molecule has 1 N–H and O–H groups in total. The molecule has 96 valence electrons. The first kappa shape index (κ1) is 14.0. The third-order valence-electron chi connectivity index (χ3n) is 3.52. The molecule has 1 aliphatic carbocycles. The molecule has 1 fully saturated rings. The van der Waals surface area contributed by atoms with Crippen LogP contribution in [0, 0.1) is 11.8 Å². The molecule has 1 rings (SSSR count). The Kier molecular flexibility index (Phi) is 7.06. The molecule has 0 saturated heterocycles. The Hall–Kier alpha value is -0.0800. The summed E-state index contributed by atoms with van der Waals surface area (Å²) >= 11 is 0. The average molecular weight is 227 g/mol. The van der Waals surface area contributed by atoms with Gasteiger partial charge < -0.3 is 10.1 Å². The first-order valence-corrected chi connectivity index (χ1v) is 7.01. The standard InChI is InChI=1S/C14H29NO/c1-12(2)11-16-10-9-15-13(3)14-7-5-4-6-8-14/h12-15H,4-11H2,1-3H3/t13-/m0/s1. The van der Waals surface area contributed by atoms with Crippen molar-refractivity contribution < 1.29 is 4.74 Å². The molecule has 1 atom stereocenters. The van der Waals surface area contributed by atoms with Crippen LogP contribution in [-0.2, 0) is 4.74 Å². The van der Waals surface area contributed by atoms with Crippen molar-refractivity contribution in [3.05, 3.63) is 0 Å². The van der Waals surface area contributed by atoms with E-state index in [0.29, 0.717) is 12.0 Å². The fraction of sp³-hybridized carbons (Fsp3) is 1.00. The van der Waals surface area contributed by atoms with Gasteiger partial charge in [0.25, 0.3) is 0 Å². The lowest BCUT2D eigenvalue weighted by molar-refractivity contribution is 0.108. The molecule has 0 unspecified atom stereocenters. The van der Waals surface area contributed by atoms with Gasteiger partial charge in [-0.15, -0.1) is 0 Å². The van der Waals surface area contributed by atoms with Crippen LogP contribution >= 0.6 is 0 Å². The lowest BCUT2D eigenvalue weighted by Gasteiger charge is -2.28. The van der Waals surface area contributed by atoms with Crippen molar-refractivity contribution in [2.75, 3.05) is 19.8 Å². The highest BCUT2D eigenvalue weighted by atomic mass is 16.5. The Morgan fingerprint density at radius 2 is 1.81 bits per heavy atom. The van der Waals surface area contributed by atoms with Crippen LogP contribution in [0.25, 0.3) is 0 Å². The molecule has 1 aliphatic rings. The lowest BCUT2D eigenvalue weighted by atomic mass is 9.84. The molecule has 0 radical (unpaired) electrons. The summed E-state index contributed by atoms with van der Waals surface area (Å²) < 4.78 is 5.57. The zero-order chi connectivity index (χ0) is 11.8. The summed E-state index contributed by atoms with van der Waals surface area (Å²) in [7, 11) is 0. The molecule has 0 spiro atoms. The van der Waals surface area contributed by atoms with Gasteiger partial charge in [0, 0.05) is 19.2 Å². The maximum atomic E-state index is 5.57. The Bertz CT molecular complexity index is 164. The van der Waals surface area contributed by atoms with Gasteiger partial charge in [-0.1, -0.05) is 33.1 Å². The van der Waals surface area contributed by atoms with Gasteiger partial charge in [0.2, 0.25) is 0 Å². The molecule has 0 aliphatic heterocycles. The molecule has 0 aromatic rings. The minimum Gasteiger partial charge on any atom is -0.380 e. The summed E-state index contributed by atoms with van der Waals surface area (Å²) in [6, 6.07) is 0.669. The second kappa shape index (κ2) is 8.08. The second-order valence-corrected chi connectivity index (χ2v) is 5.61. The van der Waals surface area contributed by atoms with Crippen molar-refractivity contribution in [1.29, 1.82) is 0 Å². The zero-order valence-corrected chi connectivity index (χ0v) is 11.3. The second-order valence-electron chi connectivity index (χ2n) is 5.61. The van der Waals surface area contributed by atoms with Crippen LogP contribution in [-0.4, -0.2) is 25.8 Å². The molecule has 2 nitrogen and oxygen atoms in total. The van der Waals surface area contributed by atoms with E-state index in [-0.39, 0.29) is 0 Å². The van der Waals surface area contributed by atoms with Gasteiger partial charge in [0.05, 0.1) is 6.61 Å². The Morgan fingerprint density at radius 3 is 2.44 bits per heavy atom. The molecule has 0 aromatic carbocycles. The number of hydrogen-bond donors (Lipinski definition) is 1. The van der Waals surface area contributed by atoms with E-state index in [1.807, 2.05) is 0 Å². The minimum absolute atomic E-state index is 0.649. The van der Waals surface area contributed by atoms with E-state index in [9.17, 15) is 0 Å². The summed E-state index contributed by atoms with van der Waals surface area (Å²) in [6.45, 7) is 9.47. The first-order chi connectivity index (χ1) is 7.70. The summed E-state index contributed by atoms with van der Waals surface area (Å²) in [5, 5.41) is 3.60. The van der Waals surface area contributed by atoms with Gasteiger partial charge in [0.1, 0.15) is 0 Å². The van der Waals surface area contributed by atoms with E-state index in [1.165, 1.54) is 32.1 Å². The minimum atomic E-state index is 0.649. The lowest BCUT2D eigenvalue weighted by Crippen LogP contribution is -2.36. The topological polar surface area (TPSA) is 21.3 Å². The molecule has 2 heteroatoms. The predicted molar refractivity (Wildman–Crippen MR) is 69.7 cm³/mol. The molecule has 0 aromatic heterocycles. The maximum Gasteiger partial charge on any atom is 0.0591 e. The van der Waals surface area contributed by atoms with Crippen molar-refractivity contribution in [3.63, 3.8) is 0 Å². The fourth-order valence-electron chi connectivity index (χ4n) is 2.48. The third kappa shape index (κ3) is 5.86. The number of nitrogens with one attached hydrogen (secondary N) is 1. The van der Waals surface area contributed by atoms with Crippen molar-refractivity contribution >= 4 is 0 Å². The van der Waals surface area contributed by atoms with E-state index >= 15 is 0 Å². The quantitative estimate of drug-likeness (QED) is 0.674. The molecular weight excluding hydrogens is 198 g/mol. The fourth-order valence-corrected chi connectivity index (χ4v) is 2.48. The van der Waals surface area contributed by atoms with Crippen LogP contribution in [0.2, 0.25) is 0 Å². The highest BCUT2D eigenvalue weighted by Crippen LogP contribution is 2.26. The summed E-state index contributed by atoms with van der Waals surface area (Å²) in [5.41, 5.74) is 0. The van der Waals surface area contributed by atoms with Gasteiger partial charge in [-0.25, -0.2) is 0 Å². The van der Waals surface area contributed by atoms with Gasteiger partial charge in [-0.2, -0.15) is 0 Å². The molecule has 0 heterocycles. The van der Waals surface area contributed by atoms with Crippen LogP contribution in [0.1, 0.15) is 52.9 Å². The van der Waals surface area contributed by atoms with Crippen LogP contribution in [0.15, 0.2) is 0 Å². The number of ether oxygens (including phenoxy) is 1. The van der Waals surface area contributed by atoms with Gasteiger partial charge in [-0.05, 0) is 31.6 Å².